The van der Waals surface area contributed by atoms with Crippen molar-refractivity contribution >= 4 is 37.7 Å². The van der Waals surface area contributed by atoms with Crippen LogP contribution in [0.4, 0.5) is 4.79 Å². The number of nitrogens with zero attached hydrogens (tertiary/aromatic N) is 4. The van der Waals surface area contributed by atoms with Gasteiger partial charge >= 0.3 is 6.09 Å². The zero-order valence-electron chi connectivity index (χ0n) is 17.3. The topological polar surface area (TPSA) is 67.8 Å². The third-order valence-electron chi connectivity index (χ3n) is 6.19. The highest BCUT2D eigenvalue weighted by Crippen LogP contribution is 2.42. The second-order valence-corrected chi connectivity index (χ2v) is 9.34. The van der Waals surface area contributed by atoms with E-state index in [0.717, 1.165) is 65.5 Å². The van der Waals surface area contributed by atoms with Crippen LogP contribution < -0.4 is 9.47 Å². The smallest absolute Gasteiger partial charge is 0.415 e. The van der Waals surface area contributed by atoms with Crippen LogP contribution in [-0.2, 0) is 0 Å². The lowest BCUT2D eigenvalue weighted by molar-refractivity contribution is 0.108. The molecule has 7 nitrogen and oxygen atoms in total. The van der Waals surface area contributed by atoms with Gasteiger partial charge in [0.05, 0.1) is 10.8 Å². The number of likely N-dealkylation sites (tertiary alicyclic amines) is 1. The zero-order valence-corrected chi connectivity index (χ0v) is 18.2. The molecule has 158 valence electrons. The van der Waals surface area contributed by atoms with E-state index < -0.39 is 0 Å². The molecule has 3 aromatic rings. The van der Waals surface area contributed by atoms with Crippen LogP contribution in [-0.4, -0.2) is 65.2 Å². The van der Waals surface area contributed by atoms with Crippen LogP contribution in [0.15, 0.2) is 24.5 Å². The third-order valence-corrected chi connectivity index (χ3v) is 7.25. The van der Waals surface area contributed by atoms with E-state index >= 15 is 0 Å². The first-order valence-electron chi connectivity index (χ1n) is 10.6. The van der Waals surface area contributed by atoms with Gasteiger partial charge in [-0.15, -0.1) is 11.3 Å². The molecule has 2 fully saturated rings. The van der Waals surface area contributed by atoms with Gasteiger partial charge in [0.25, 0.3) is 0 Å². The van der Waals surface area contributed by atoms with Crippen LogP contribution >= 0.6 is 11.3 Å². The van der Waals surface area contributed by atoms with Gasteiger partial charge < -0.3 is 19.3 Å². The highest BCUT2D eigenvalue weighted by atomic mass is 32.1. The first-order chi connectivity index (χ1) is 14.6. The molecule has 0 N–H and O–H groups in total. The van der Waals surface area contributed by atoms with E-state index in [1.54, 1.807) is 22.6 Å². The maximum Gasteiger partial charge on any atom is 0.415 e. The van der Waals surface area contributed by atoms with Gasteiger partial charge in [-0.25, -0.2) is 14.8 Å². The van der Waals surface area contributed by atoms with Crippen molar-refractivity contribution in [3.05, 3.63) is 24.5 Å². The Bertz CT molecular complexity index is 1070. The second kappa shape index (κ2) is 8.00. The van der Waals surface area contributed by atoms with Gasteiger partial charge in [-0.3, -0.25) is 0 Å². The largest absolute Gasteiger partial charge is 0.474 e. The number of rotatable bonds is 4. The fourth-order valence-corrected chi connectivity index (χ4v) is 5.31. The molecular formula is C22H26N4O3S. The Morgan fingerprint density at radius 2 is 1.93 bits per heavy atom. The van der Waals surface area contributed by atoms with Crippen molar-refractivity contribution < 1.29 is 14.3 Å². The van der Waals surface area contributed by atoms with E-state index in [1.807, 2.05) is 18.2 Å². The standard InChI is InChI=1S/C22H26N4O3S/c1-25(2)14-7-9-15(10-8-14)28-20-19-18-16(29-22(27)26-11-4-12-26)5-3-6-17(18)30-21(19)24-13-23-20/h3,5-6,13-15H,4,7-12H2,1-2H3. The second-order valence-electron chi connectivity index (χ2n) is 8.31. The minimum atomic E-state index is -0.297. The monoisotopic (exact) mass is 426 g/mol. The van der Waals surface area contributed by atoms with E-state index in [2.05, 4.69) is 29.0 Å². The molecule has 1 amide bonds. The summed E-state index contributed by atoms with van der Waals surface area (Å²) in [5, 5.41) is 1.71. The molecule has 8 heteroatoms. The van der Waals surface area contributed by atoms with Crippen LogP contribution in [0, 0.1) is 0 Å². The van der Waals surface area contributed by atoms with E-state index in [-0.39, 0.29) is 12.2 Å². The molecule has 5 rings (SSSR count). The molecule has 0 radical (unpaired) electrons. The number of aromatic nitrogens is 2. The van der Waals surface area contributed by atoms with E-state index in [9.17, 15) is 4.79 Å². The van der Waals surface area contributed by atoms with Gasteiger partial charge in [0.1, 0.15) is 23.0 Å². The number of benzene rings is 1. The molecule has 0 unspecified atom stereocenters. The summed E-state index contributed by atoms with van der Waals surface area (Å²) in [6.07, 6.45) is 6.69. The maximum absolute atomic E-state index is 12.4. The van der Waals surface area contributed by atoms with E-state index in [1.165, 1.54) is 0 Å². The fraction of sp³-hybridized carbons (Fsp3) is 0.500. The summed E-state index contributed by atoms with van der Waals surface area (Å²) in [5.41, 5.74) is 0. The van der Waals surface area contributed by atoms with Crippen LogP contribution in [0.3, 0.4) is 0 Å². The number of hydrogen-bond donors (Lipinski definition) is 0. The third kappa shape index (κ3) is 3.58. The average Bonchev–Trinajstić information content (AvgIpc) is 3.07. The lowest BCUT2D eigenvalue weighted by atomic mass is 9.92. The Labute approximate surface area is 179 Å². The Morgan fingerprint density at radius 3 is 2.63 bits per heavy atom. The first kappa shape index (κ1) is 19.5. The van der Waals surface area contributed by atoms with Gasteiger partial charge in [0.15, 0.2) is 0 Å². The van der Waals surface area contributed by atoms with E-state index in [0.29, 0.717) is 17.7 Å². The summed E-state index contributed by atoms with van der Waals surface area (Å²) in [4.78, 5) is 26.2. The number of ether oxygens (including phenoxy) is 2. The van der Waals surface area contributed by atoms with Crippen LogP contribution in [0.25, 0.3) is 20.3 Å². The first-order valence-corrected chi connectivity index (χ1v) is 11.4. The molecule has 0 atom stereocenters. The molecule has 0 bridgehead atoms. The van der Waals surface area contributed by atoms with Crippen molar-refractivity contribution in [2.24, 2.45) is 0 Å². The Morgan fingerprint density at radius 1 is 1.13 bits per heavy atom. The van der Waals surface area contributed by atoms with Crippen molar-refractivity contribution in [2.45, 2.75) is 44.2 Å². The maximum atomic E-state index is 12.4. The predicted molar refractivity (Wildman–Crippen MR) is 117 cm³/mol. The van der Waals surface area contributed by atoms with Crippen molar-refractivity contribution in [3.63, 3.8) is 0 Å². The number of amides is 1. The van der Waals surface area contributed by atoms with Crippen LogP contribution in [0.5, 0.6) is 11.6 Å². The quantitative estimate of drug-likeness (QED) is 0.620. The summed E-state index contributed by atoms with van der Waals surface area (Å²) >= 11 is 1.57. The molecule has 1 aliphatic carbocycles. The number of carbonyl (C=O) groups is 1. The van der Waals surface area contributed by atoms with Crippen LogP contribution in [0.1, 0.15) is 32.1 Å². The predicted octanol–water partition coefficient (Wildman–Crippen LogP) is 4.30. The minimum Gasteiger partial charge on any atom is -0.474 e. The number of fused-ring (bicyclic) bond motifs is 3. The summed E-state index contributed by atoms with van der Waals surface area (Å²) in [6.45, 7) is 1.51. The summed E-state index contributed by atoms with van der Waals surface area (Å²) in [5.74, 6) is 1.14. The van der Waals surface area contributed by atoms with E-state index in [4.69, 9.17) is 9.47 Å². The molecule has 1 saturated carbocycles. The minimum absolute atomic E-state index is 0.144. The molecule has 2 aliphatic rings. The molecule has 30 heavy (non-hydrogen) atoms. The van der Waals surface area contributed by atoms with Crippen molar-refractivity contribution in [1.82, 2.24) is 19.8 Å². The fourth-order valence-electron chi connectivity index (χ4n) is 4.26. The number of thiophene rings is 1. The van der Waals surface area contributed by atoms with Gasteiger partial charge in [0.2, 0.25) is 5.88 Å². The molecule has 1 aliphatic heterocycles. The van der Waals surface area contributed by atoms with Gasteiger partial charge in [-0.2, -0.15) is 0 Å². The van der Waals surface area contributed by atoms with Crippen molar-refractivity contribution in [1.29, 1.82) is 0 Å². The highest BCUT2D eigenvalue weighted by Gasteiger charge is 2.27. The van der Waals surface area contributed by atoms with Crippen molar-refractivity contribution in [3.8, 4) is 11.6 Å². The highest BCUT2D eigenvalue weighted by molar-refractivity contribution is 7.25. The Balaban J connectivity index is 1.47. The lowest BCUT2D eigenvalue weighted by Crippen LogP contribution is -2.43. The number of hydrogen-bond acceptors (Lipinski definition) is 7. The van der Waals surface area contributed by atoms with Gasteiger partial charge in [-0.1, -0.05) is 6.07 Å². The lowest BCUT2D eigenvalue weighted by Gasteiger charge is -2.32. The summed E-state index contributed by atoms with van der Waals surface area (Å²) in [7, 11) is 4.28. The SMILES string of the molecule is CN(C)C1CCC(Oc2ncnc3sc4cccc(OC(=O)N5CCC5)c4c23)CC1. The molecule has 1 aromatic carbocycles. The average molecular weight is 427 g/mol. The van der Waals surface area contributed by atoms with Gasteiger partial charge in [0, 0.05) is 23.8 Å². The summed E-state index contributed by atoms with van der Waals surface area (Å²) in [6, 6.07) is 6.39. The number of carbonyl (C=O) groups excluding carboxylic acids is 1. The van der Waals surface area contributed by atoms with Crippen LogP contribution in [0.2, 0.25) is 0 Å². The van der Waals surface area contributed by atoms with Gasteiger partial charge in [-0.05, 0) is 58.3 Å². The normalized spacial score (nSPS) is 21.8. The summed E-state index contributed by atoms with van der Waals surface area (Å²) < 4.78 is 13.2. The molecule has 2 aromatic heterocycles. The molecular weight excluding hydrogens is 400 g/mol. The Hall–Kier alpha value is -2.45. The van der Waals surface area contributed by atoms with Crippen molar-refractivity contribution in [2.75, 3.05) is 27.2 Å². The molecule has 1 saturated heterocycles. The molecule has 3 heterocycles. The zero-order chi connectivity index (χ0) is 20.7. The molecule has 0 spiro atoms. The Kier molecular flexibility index (Phi) is 5.20.